The molecule has 2 rings (SSSR count). The highest BCUT2D eigenvalue weighted by Gasteiger charge is 2.26. The van der Waals surface area contributed by atoms with Gasteiger partial charge in [0, 0.05) is 9.61 Å². The smallest absolute Gasteiger partial charge is 0.338 e. The van der Waals surface area contributed by atoms with Crippen LogP contribution in [0.3, 0.4) is 0 Å². The molecule has 1 saturated carbocycles. The van der Waals surface area contributed by atoms with Gasteiger partial charge in [0.2, 0.25) is 0 Å². The lowest BCUT2D eigenvalue weighted by Gasteiger charge is -2.30. The third-order valence-corrected chi connectivity index (χ3v) is 4.82. The standard InChI is InChI=1S/C17H22INO3/c1-11-6-3-4-9-15(11)19-16(20)12(2)22-17(21)13-7-5-8-14(18)10-13/h5,7-8,10-12,15H,3-4,6,9H2,1-2H3,(H,19,20)/t11-,12-,15+/m1/s1. The van der Waals surface area contributed by atoms with Crippen LogP contribution >= 0.6 is 22.6 Å². The Hall–Kier alpha value is -1.11. The van der Waals surface area contributed by atoms with Crippen LogP contribution in [0.5, 0.6) is 0 Å². The van der Waals surface area contributed by atoms with Crippen LogP contribution in [-0.2, 0) is 9.53 Å². The van der Waals surface area contributed by atoms with E-state index < -0.39 is 12.1 Å². The fourth-order valence-electron chi connectivity index (χ4n) is 2.73. The molecular weight excluding hydrogens is 393 g/mol. The maximum atomic E-state index is 12.2. The zero-order chi connectivity index (χ0) is 16.1. The lowest BCUT2D eigenvalue weighted by atomic mass is 9.86. The van der Waals surface area contributed by atoms with Crippen molar-refractivity contribution in [2.24, 2.45) is 5.92 Å². The average molecular weight is 415 g/mol. The third kappa shape index (κ3) is 4.69. The molecule has 0 radical (unpaired) electrons. The van der Waals surface area contributed by atoms with Gasteiger partial charge in [-0.1, -0.05) is 25.8 Å². The van der Waals surface area contributed by atoms with Gasteiger partial charge in [-0.15, -0.1) is 0 Å². The fourth-order valence-corrected chi connectivity index (χ4v) is 3.27. The molecule has 4 nitrogen and oxygen atoms in total. The van der Waals surface area contributed by atoms with E-state index in [1.54, 1.807) is 25.1 Å². The van der Waals surface area contributed by atoms with Crippen LogP contribution in [0, 0.1) is 9.49 Å². The van der Waals surface area contributed by atoms with Gasteiger partial charge in [-0.05, 0) is 66.5 Å². The average Bonchev–Trinajstić information content (AvgIpc) is 2.49. The second-order valence-electron chi connectivity index (χ2n) is 5.93. The largest absolute Gasteiger partial charge is 0.449 e. The zero-order valence-electron chi connectivity index (χ0n) is 13.0. The van der Waals surface area contributed by atoms with E-state index in [1.807, 2.05) is 6.07 Å². The van der Waals surface area contributed by atoms with E-state index in [4.69, 9.17) is 4.74 Å². The van der Waals surface area contributed by atoms with Gasteiger partial charge >= 0.3 is 5.97 Å². The van der Waals surface area contributed by atoms with Gasteiger partial charge < -0.3 is 10.1 Å². The van der Waals surface area contributed by atoms with Crippen LogP contribution < -0.4 is 5.32 Å². The van der Waals surface area contributed by atoms with Crippen LogP contribution in [0.4, 0.5) is 0 Å². The molecular formula is C17H22INO3. The Labute approximate surface area is 145 Å². The molecule has 0 unspecified atom stereocenters. The molecule has 3 atom stereocenters. The van der Waals surface area contributed by atoms with Crippen molar-refractivity contribution in [3.8, 4) is 0 Å². The number of esters is 1. The Balaban J connectivity index is 1.89. The van der Waals surface area contributed by atoms with Gasteiger partial charge in [-0.3, -0.25) is 4.79 Å². The van der Waals surface area contributed by atoms with Crippen LogP contribution in [-0.4, -0.2) is 24.0 Å². The van der Waals surface area contributed by atoms with Crippen molar-refractivity contribution in [2.45, 2.75) is 51.7 Å². The number of ether oxygens (including phenoxy) is 1. The van der Waals surface area contributed by atoms with Crippen LogP contribution in [0.1, 0.15) is 49.9 Å². The molecule has 1 N–H and O–H groups in total. The monoisotopic (exact) mass is 415 g/mol. The summed E-state index contributed by atoms with van der Waals surface area (Å²) in [7, 11) is 0. The first-order valence-electron chi connectivity index (χ1n) is 7.74. The van der Waals surface area contributed by atoms with E-state index in [2.05, 4.69) is 34.8 Å². The number of carbonyl (C=O) groups excluding carboxylic acids is 2. The third-order valence-electron chi connectivity index (χ3n) is 4.15. The van der Waals surface area contributed by atoms with Crippen molar-refractivity contribution in [3.63, 3.8) is 0 Å². The Morgan fingerprint density at radius 1 is 1.32 bits per heavy atom. The molecule has 1 aromatic rings. The topological polar surface area (TPSA) is 55.4 Å². The molecule has 120 valence electrons. The number of benzene rings is 1. The molecule has 1 fully saturated rings. The first kappa shape index (κ1) is 17.2. The van der Waals surface area contributed by atoms with Crippen molar-refractivity contribution >= 4 is 34.5 Å². The minimum absolute atomic E-state index is 0.195. The van der Waals surface area contributed by atoms with Crippen LogP contribution in [0.2, 0.25) is 0 Å². The number of carbonyl (C=O) groups is 2. The first-order valence-corrected chi connectivity index (χ1v) is 8.82. The van der Waals surface area contributed by atoms with Crippen molar-refractivity contribution in [1.29, 1.82) is 0 Å². The van der Waals surface area contributed by atoms with Crippen molar-refractivity contribution in [1.82, 2.24) is 5.32 Å². The Morgan fingerprint density at radius 2 is 2.05 bits per heavy atom. The highest BCUT2D eigenvalue weighted by atomic mass is 127. The summed E-state index contributed by atoms with van der Waals surface area (Å²) in [6.45, 7) is 3.78. The molecule has 22 heavy (non-hydrogen) atoms. The predicted octanol–water partition coefficient (Wildman–Crippen LogP) is 3.53. The molecule has 1 aromatic carbocycles. The molecule has 1 amide bonds. The van der Waals surface area contributed by atoms with Crippen LogP contribution in [0.15, 0.2) is 24.3 Å². The highest BCUT2D eigenvalue weighted by molar-refractivity contribution is 14.1. The zero-order valence-corrected chi connectivity index (χ0v) is 15.1. The van der Waals surface area contributed by atoms with E-state index in [0.717, 1.165) is 22.8 Å². The molecule has 0 aromatic heterocycles. The van der Waals surface area contributed by atoms with E-state index in [1.165, 1.54) is 6.42 Å². The summed E-state index contributed by atoms with van der Waals surface area (Å²) in [5, 5.41) is 3.02. The Kier molecular flexibility index (Phi) is 6.23. The normalized spacial score (nSPS) is 22.7. The molecule has 5 heteroatoms. The first-order chi connectivity index (χ1) is 10.5. The maximum absolute atomic E-state index is 12.2. The van der Waals surface area contributed by atoms with E-state index in [-0.39, 0.29) is 11.9 Å². The van der Waals surface area contributed by atoms with E-state index in [9.17, 15) is 9.59 Å². The number of halogens is 1. The minimum atomic E-state index is -0.778. The summed E-state index contributed by atoms with van der Waals surface area (Å²) in [6, 6.07) is 7.33. The lowest BCUT2D eigenvalue weighted by Crippen LogP contribution is -2.45. The highest BCUT2D eigenvalue weighted by Crippen LogP contribution is 2.23. The quantitative estimate of drug-likeness (QED) is 0.605. The second kappa shape index (κ2) is 7.94. The number of nitrogens with one attached hydrogen (secondary N) is 1. The molecule has 0 spiro atoms. The van der Waals surface area contributed by atoms with E-state index in [0.29, 0.717) is 11.5 Å². The second-order valence-corrected chi connectivity index (χ2v) is 7.18. The van der Waals surface area contributed by atoms with Crippen molar-refractivity contribution < 1.29 is 14.3 Å². The number of hydrogen-bond donors (Lipinski definition) is 1. The fraction of sp³-hybridized carbons (Fsp3) is 0.529. The molecule has 0 saturated heterocycles. The summed E-state index contributed by atoms with van der Waals surface area (Å²) < 4.78 is 6.23. The molecule has 1 aliphatic carbocycles. The number of hydrogen-bond acceptors (Lipinski definition) is 3. The number of amides is 1. The SMILES string of the molecule is C[C@@H]1CCCC[C@@H]1NC(=O)[C@@H](C)OC(=O)c1cccc(I)c1. The van der Waals surface area contributed by atoms with Crippen molar-refractivity contribution in [2.75, 3.05) is 0 Å². The van der Waals surface area contributed by atoms with E-state index >= 15 is 0 Å². The predicted molar refractivity (Wildman–Crippen MR) is 93.6 cm³/mol. The summed E-state index contributed by atoms with van der Waals surface area (Å²) in [4.78, 5) is 24.3. The lowest BCUT2D eigenvalue weighted by molar-refractivity contribution is -0.130. The molecule has 0 aliphatic heterocycles. The van der Waals surface area contributed by atoms with Gasteiger partial charge in [-0.2, -0.15) is 0 Å². The summed E-state index contributed by atoms with van der Waals surface area (Å²) in [5.41, 5.74) is 0.470. The van der Waals surface area contributed by atoms with Crippen LogP contribution in [0.25, 0.3) is 0 Å². The van der Waals surface area contributed by atoms with Gasteiger partial charge in [0.25, 0.3) is 5.91 Å². The number of rotatable bonds is 4. The summed E-state index contributed by atoms with van der Waals surface area (Å²) in [5.74, 6) is -0.188. The van der Waals surface area contributed by atoms with Gasteiger partial charge in [0.05, 0.1) is 5.56 Å². The molecule has 1 aliphatic rings. The molecule has 0 bridgehead atoms. The van der Waals surface area contributed by atoms with Crippen molar-refractivity contribution in [3.05, 3.63) is 33.4 Å². The van der Waals surface area contributed by atoms with Gasteiger partial charge in [-0.25, -0.2) is 4.79 Å². The van der Waals surface area contributed by atoms with Gasteiger partial charge in [0.15, 0.2) is 6.10 Å². The minimum Gasteiger partial charge on any atom is -0.449 e. The maximum Gasteiger partial charge on any atom is 0.338 e. The Morgan fingerprint density at radius 3 is 2.73 bits per heavy atom. The molecule has 0 heterocycles. The summed E-state index contributed by atoms with van der Waals surface area (Å²) in [6.07, 6.45) is 3.74. The van der Waals surface area contributed by atoms with Gasteiger partial charge in [0.1, 0.15) is 0 Å². The Bertz CT molecular complexity index is 546. The summed E-state index contributed by atoms with van der Waals surface area (Å²) >= 11 is 2.14.